The minimum atomic E-state index is 0. The van der Waals surface area contributed by atoms with Gasteiger partial charge >= 0.3 is 0 Å². The molecule has 0 aliphatic carbocycles. The molecular formula is C5H12S. The highest BCUT2D eigenvalue weighted by atomic mass is 32.1. The zero-order chi connectivity index (χ0) is 4.71. The lowest BCUT2D eigenvalue weighted by Gasteiger charge is -1.31. The van der Waals surface area contributed by atoms with Crippen LogP contribution in [0.15, 0.2) is 25.8 Å². The van der Waals surface area contributed by atoms with Crippen LogP contribution in [-0.4, -0.2) is 0 Å². The van der Waals surface area contributed by atoms with Crippen LogP contribution < -0.4 is 0 Å². The van der Waals surface area contributed by atoms with Gasteiger partial charge in [0.2, 0.25) is 0 Å². The Morgan fingerprint density at radius 3 is 1.33 bits per heavy atom. The fourth-order valence-corrected chi connectivity index (χ4v) is 0. The normalized spacial score (nSPS) is 2.83. The molecule has 6 heavy (non-hydrogen) atoms. The van der Waals surface area contributed by atoms with Gasteiger partial charge < -0.3 is 0 Å². The fourth-order valence-electron chi connectivity index (χ4n) is 0. The number of rotatable bonds is 0. The first kappa shape index (κ1) is 17.0. The Bertz CT molecular complexity index is 17.9. The molecule has 0 aromatic rings. The predicted octanol–water partition coefficient (Wildman–Crippen LogP) is 2.11. The highest BCUT2D eigenvalue weighted by Gasteiger charge is 1.15. The standard InChI is InChI=1S/C3H6.C2H4.H2S/c1-3-2;1-2;/h3H,1H2,2H3;1-2H2;1H2. The molecule has 0 rings (SSSR count). The maximum Gasteiger partial charge on any atom is -0.0473 e. The molecule has 38 valence electrons. The molecule has 0 amide bonds. The van der Waals surface area contributed by atoms with Gasteiger partial charge in [0.25, 0.3) is 0 Å². The van der Waals surface area contributed by atoms with Gasteiger partial charge in [0.15, 0.2) is 0 Å². The van der Waals surface area contributed by atoms with Gasteiger partial charge in [-0.15, -0.1) is 19.7 Å². The maximum atomic E-state index is 3.36. The molecule has 0 aliphatic heterocycles. The van der Waals surface area contributed by atoms with Crippen LogP contribution in [0, 0.1) is 0 Å². The van der Waals surface area contributed by atoms with Gasteiger partial charge in [0, 0.05) is 0 Å². The van der Waals surface area contributed by atoms with E-state index < -0.39 is 0 Å². The lowest BCUT2D eigenvalue weighted by molar-refractivity contribution is 1.80. The lowest BCUT2D eigenvalue weighted by atomic mass is 10.8. The highest BCUT2D eigenvalue weighted by Crippen LogP contribution is 1.38. The van der Waals surface area contributed by atoms with Crippen molar-refractivity contribution in [3.05, 3.63) is 25.8 Å². The average molecular weight is 104 g/mol. The van der Waals surface area contributed by atoms with Crippen molar-refractivity contribution in [2.24, 2.45) is 0 Å². The molecular weight excluding hydrogens is 92.1 g/mol. The van der Waals surface area contributed by atoms with E-state index in [1.807, 2.05) is 6.92 Å². The molecule has 0 N–H and O–H groups in total. The van der Waals surface area contributed by atoms with E-state index in [9.17, 15) is 0 Å². The van der Waals surface area contributed by atoms with Crippen LogP contribution in [0.2, 0.25) is 0 Å². The van der Waals surface area contributed by atoms with Crippen LogP contribution in [0.3, 0.4) is 0 Å². The van der Waals surface area contributed by atoms with Gasteiger partial charge in [-0.05, 0) is 6.92 Å². The molecule has 0 saturated carbocycles. The Kier molecular flexibility index (Phi) is 291. The summed E-state index contributed by atoms with van der Waals surface area (Å²) in [6.07, 6.45) is 1.75. The molecule has 0 atom stereocenters. The van der Waals surface area contributed by atoms with Crippen LogP contribution in [-0.2, 0) is 0 Å². The molecule has 0 bridgehead atoms. The van der Waals surface area contributed by atoms with Crippen LogP contribution in [0.25, 0.3) is 0 Å². The number of allylic oxidation sites excluding steroid dienone is 1. The molecule has 0 radical (unpaired) electrons. The minimum Gasteiger partial charge on any atom is -0.197 e. The Labute approximate surface area is 47.0 Å². The summed E-state index contributed by atoms with van der Waals surface area (Å²) < 4.78 is 0. The van der Waals surface area contributed by atoms with Crippen molar-refractivity contribution >= 4 is 13.5 Å². The second-order valence-corrected chi connectivity index (χ2v) is 0.408. The van der Waals surface area contributed by atoms with Gasteiger partial charge in [0.05, 0.1) is 0 Å². The second kappa shape index (κ2) is 103. The van der Waals surface area contributed by atoms with Crippen molar-refractivity contribution in [1.29, 1.82) is 0 Å². The topological polar surface area (TPSA) is 0 Å². The van der Waals surface area contributed by atoms with Crippen molar-refractivity contribution in [1.82, 2.24) is 0 Å². The first-order chi connectivity index (χ1) is 2.41. The summed E-state index contributed by atoms with van der Waals surface area (Å²) in [5.41, 5.74) is 0. The Morgan fingerprint density at radius 1 is 1.33 bits per heavy atom. The van der Waals surface area contributed by atoms with E-state index in [2.05, 4.69) is 19.7 Å². The highest BCUT2D eigenvalue weighted by molar-refractivity contribution is 7.59. The van der Waals surface area contributed by atoms with Crippen LogP contribution in [0.5, 0.6) is 0 Å². The van der Waals surface area contributed by atoms with Gasteiger partial charge in [-0.25, -0.2) is 0 Å². The summed E-state index contributed by atoms with van der Waals surface area (Å²) in [6, 6.07) is 0. The van der Waals surface area contributed by atoms with E-state index in [0.717, 1.165) is 0 Å². The van der Waals surface area contributed by atoms with Gasteiger partial charge in [0.1, 0.15) is 0 Å². The zero-order valence-electron chi connectivity index (χ0n) is 4.20. The smallest absolute Gasteiger partial charge is 0.0473 e. The van der Waals surface area contributed by atoms with Gasteiger partial charge in [-0.1, -0.05) is 6.08 Å². The Hall–Kier alpha value is -0.170. The van der Waals surface area contributed by atoms with Gasteiger partial charge in [-0.3, -0.25) is 0 Å². The molecule has 0 nitrogen and oxygen atoms in total. The molecule has 0 spiro atoms. The minimum absolute atomic E-state index is 0. The molecule has 1 heteroatoms. The molecule has 0 unspecified atom stereocenters. The summed E-state index contributed by atoms with van der Waals surface area (Å²) >= 11 is 0. The average Bonchev–Trinajstić information content (AvgIpc) is 1.46. The predicted molar refractivity (Wildman–Crippen MR) is 37.5 cm³/mol. The Balaban J connectivity index is -0.0000000275. The van der Waals surface area contributed by atoms with E-state index in [0.29, 0.717) is 0 Å². The van der Waals surface area contributed by atoms with Crippen LogP contribution in [0.4, 0.5) is 0 Å². The summed E-state index contributed by atoms with van der Waals surface area (Å²) in [6.45, 7) is 11.2. The lowest BCUT2D eigenvalue weighted by Crippen LogP contribution is -1.07. The largest absolute Gasteiger partial charge is 0.197 e. The molecule has 0 saturated heterocycles. The SMILES string of the molecule is C=C.C=CC.S. The van der Waals surface area contributed by atoms with Crippen molar-refractivity contribution < 1.29 is 0 Å². The van der Waals surface area contributed by atoms with E-state index in [1.165, 1.54) is 0 Å². The van der Waals surface area contributed by atoms with Crippen molar-refractivity contribution in [3.63, 3.8) is 0 Å². The zero-order valence-corrected chi connectivity index (χ0v) is 5.20. The van der Waals surface area contributed by atoms with Crippen LogP contribution in [0.1, 0.15) is 6.92 Å². The molecule has 0 aromatic heterocycles. The first-order valence-corrected chi connectivity index (χ1v) is 1.49. The van der Waals surface area contributed by atoms with E-state index >= 15 is 0 Å². The number of hydrogen-bond donors (Lipinski definition) is 0. The third-order valence-electron chi connectivity index (χ3n) is 0. The van der Waals surface area contributed by atoms with E-state index in [4.69, 9.17) is 0 Å². The second-order valence-electron chi connectivity index (χ2n) is 0.408. The molecule has 0 heterocycles. The fraction of sp³-hybridized carbons (Fsp3) is 0.200. The summed E-state index contributed by atoms with van der Waals surface area (Å²) in [5, 5.41) is 0. The third-order valence-corrected chi connectivity index (χ3v) is 0. The van der Waals surface area contributed by atoms with Gasteiger partial charge in [-0.2, -0.15) is 13.5 Å². The molecule has 0 aromatic carbocycles. The molecule has 0 aliphatic rings. The third kappa shape index (κ3) is 1060. The molecule has 0 fully saturated rings. The van der Waals surface area contributed by atoms with Crippen molar-refractivity contribution in [2.45, 2.75) is 6.92 Å². The maximum absolute atomic E-state index is 3.36. The van der Waals surface area contributed by atoms with Crippen molar-refractivity contribution in [3.8, 4) is 0 Å². The summed E-state index contributed by atoms with van der Waals surface area (Å²) in [5.74, 6) is 0. The quantitative estimate of drug-likeness (QED) is 0.413. The monoisotopic (exact) mass is 104 g/mol. The van der Waals surface area contributed by atoms with Crippen molar-refractivity contribution in [2.75, 3.05) is 0 Å². The van der Waals surface area contributed by atoms with E-state index in [-0.39, 0.29) is 13.5 Å². The summed E-state index contributed by atoms with van der Waals surface area (Å²) in [7, 11) is 0. The Morgan fingerprint density at radius 2 is 1.33 bits per heavy atom. The van der Waals surface area contributed by atoms with Crippen LogP contribution >= 0.6 is 13.5 Å². The summed E-state index contributed by atoms with van der Waals surface area (Å²) in [4.78, 5) is 0. The first-order valence-electron chi connectivity index (χ1n) is 1.49. The number of hydrogen-bond acceptors (Lipinski definition) is 0. The van der Waals surface area contributed by atoms with E-state index in [1.54, 1.807) is 6.08 Å².